The Balaban J connectivity index is 2.04. The quantitative estimate of drug-likeness (QED) is 0.679. The Labute approximate surface area is 98.4 Å². The van der Waals surface area contributed by atoms with Gasteiger partial charge in [0.05, 0.1) is 0 Å². The lowest BCUT2D eigenvalue weighted by Gasteiger charge is -2.29. The summed E-state index contributed by atoms with van der Waals surface area (Å²) in [6.07, 6.45) is 3.63. The summed E-state index contributed by atoms with van der Waals surface area (Å²) >= 11 is 0. The molecular weight excluding hydrogens is 200 g/mol. The maximum absolute atomic E-state index is 12.2. The molecule has 1 saturated heterocycles. The van der Waals surface area contributed by atoms with Crippen LogP contribution in [0.25, 0.3) is 0 Å². The van der Waals surface area contributed by atoms with Crippen molar-refractivity contribution < 1.29 is 4.79 Å². The lowest BCUT2D eigenvalue weighted by Crippen LogP contribution is -2.40. The number of amides is 1. The smallest absolute Gasteiger partial charge is 0.227 e. The largest absolute Gasteiger partial charge is 0.342 e. The van der Waals surface area contributed by atoms with Gasteiger partial charge in [0.1, 0.15) is 0 Å². The molecule has 3 atom stereocenters. The molecule has 1 heterocycles. The van der Waals surface area contributed by atoms with Crippen molar-refractivity contribution in [2.24, 2.45) is 23.0 Å². The van der Waals surface area contributed by atoms with Crippen molar-refractivity contribution in [1.82, 2.24) is 4.90 Å². The van der Waals surface area contributed by atoms with Gasteiger partial charge in [-0.15, -0.1) is 0 Å². The first-order valence-electron chi connectivity index (χ1n) is 6.44. The molecule has 0 spiro atoms. The Morgan fingerprint density at radius 1 is 1.25 bits per heavy atom. The summed E-state index contributed by atoms with van der Waals surface area (Å²) in [6.45, 7) is 7.82. The molecule has 3 nitrogen and oxygen atoms in total. The van der Waals surface area contributed by atoms with E-state index in [1.807, 2.05) is 25.7 Å². The maximum Gasteiger partial charge on any atom is 0.227 e. The molecule has 16 heavy (non-hydrogen) atoms. The Hall–Kier alpha value is -0.570. The van der Waals surface area contributed by atoms with E-state index < -0.39 is 0 Å². The van der Waals surface area contributed by atoms with Crippen LogP contribution >= 0.6 is 0 Å². The van der Waals surface area contributed by atoms with E-state index in [-0.39, 0.29) is 11.3 Å². The summed E-state index contributed by atoms with van der Waals surface area (Å²) in [5.41, 5.74) is 5.90. The van der Waals surface area contributed by atoms with E-state index in [2.05, 4.69) is 0 Å². The van der Waals surface area contributed by atoms with Gasteiger partial charge in [-0.3, -0.25) is 4.79 Å². The summed E-state index contributed by atoms with van der Waals surface area (Å²) in [5.74, 6) is 1.50. The normalized spacial score (nSPS) is 35.0. The van der Waals surface area contributed by atoms with Gasteiger partial charge in [0.15, 0.2) is 0 Å². The van der Waals surface area contributed by atoms with Crippen molar-refractivity contribution in [3.63, 3.8) is 0 Å². The number of likely N-dealkylation sites (tertiary alicyclic amines) is 1. The highest BCUT2D eigenvalue weighted by molar-refractivity contribution is 5.81. The zero-order valence-electron chi connectivity index (χ0n) is 10.7. The summed E-state index contributed by atoms with van der Waals surface area (Å²) < 4.78 is 0. The van der Waals surface area contributed by atoms with Crippen LogP contribution in [0.1, 0.15) is 40.0 Å². The average molecular weight is 224 g/mol. The molecule has 1 saturated carbocycles. The molecule has 0 radical (unpaired) electrons. The fraction of sp³-hybridized carbons (Fsp3) is 0.923. The molecule has 1 aliphatic carbocycles. The molecule has 0 bridgehead atoms. The van der Waals surface area contributed by atoms with E-state index in [4.69, 9.17) is 5.73 Å². The Morgan fingerprint density at radius 2 is 1.94 bits per heavy atom. The van der Waals surface area contributed by atoms with Crippen molar-refractivity contribution in [2.75, 3.05) is 13.1 Å². The SMILES string of the molecule is CC(C)(C)C(=O)N1CC2CCCC(N)C2C1. The Morgan fingerprint density at radius 3 is 2.50 bits per heavy atom. The number of fused-ring (bicyclic) bond motifs is 1. The summed E-state index contributed by atoms with van der Waals surface area (Å²) in [6, 6.07) is 0.316. The number of rotatable bonds is 0. The molecule has 0 aromatic heterocycles. The minimum absolute atomic E-state index is 0.252. The lowest BCUT2D eigenvalue weighted by atomic mass is 9.78. The van der Waals surface area contributed by atoms with Gasteiger partial charge >= 0.3 is 0 Å². The van der Waals surface area contributed by atoms with Gasteiger partial charge in [0, 0.05) is 24.5 Å². The summed E-state index contributed by atoms with van der Waals surface area (Å²) in [5, 5.41) is 0. The highest BCUT2D eigenvalue weighted by Crippen LogP contribution is 2.36. The second kappa shape index (κ2) is 4.02. The molecule has 0 aromatic carbocycles. The van der Waals surface area contributed by atoms with Crippen LogP contribution in [0.4, 0.5) is 0 Å². The minimum atomic E-state index is -0.252. The van der Waals surface area contributed by atoms with Gasteiger partial charge in [0.2, 0.25) is 5.91 Å². The maximum atomic E-state index is 12.2. The van der Waals surface area contributed by atoms with Crippen LogP contribution in [0, 0.1) is 17.3 Å². The number of nitrogens with zero attached hydrogens (tertiary/aromatic N) is 1. The topological polar surface area (TPSA) is 46.3 Å². The number of hydrogen-bond acceptors (Lipinski definition) is 2. The van der Waals surface area contributed by atoms with E-state index in [9.17, 15) is 4.79 Å². The fourth-order valence-electron chi connectivity index (χ4n) is 3.16. The van der Waals surface area contributed by atoms with Crippen LogP contribution < -0.4 is 5.73 Å². The second-order valence-electron chi connectivity index (χ2n) is 6.48. The zero-order valence-corrected chi connectivity index (χ0v) is 10.7. The van der Waals surface area contributed by atoms with Crippen LogP contribution in [0.3, 0.4) is 0 Å². The lowest BCUT2D eigenvalue weighted by molar-refractivity contribution is -0.138. The predicted octanol–water partition coefficient (Wildman–Crippen LogP) is 1.62. The molecule has 92 valence electrons. The number of hydrogen-bond donors (Lipinski definition) is 1. The van der Waals surface area contributed by atoms with Gasteiger partial charge in [-0.2, -0.15) is 0 Å². The number of carbonyl (C=O) groups excluding carboxylic acids is 1. The van der Waals surface area contributed by atoms with Crippen molar-refractivity contribution in [2.45, 2.75) is 46.1 Å². The highest BCUT2D eigenvalue weighted by Gasteiger charge is 2.42. The third-order valence-electron chi connectivity index (χ3n) is 4.08. The van der Waals surface area contributed by atoms with Gasteiger partial charge in [0.25, 0.3) is 0 Å². The zero-order chi connectivity index (χ0) is 11.9. The van der Waals surface area contributed by atoms with Crippen LogP contribution in [-0.4, -0.2) is 29.9 Å². The third-order valence-corrected chi connectivity index (χ3v) is 4.08. The van der Waals surface area contributed by atoms with Crippen LogP contribution in [0.5, 0.6) is 0 Å². The van der Waals surface area contributed by atoms with Gasteiger partial charge in [-0.1, -0.05) is 27.2 Å². The molecule has 3 unspecified atom stereocenters. The standard InChI is InChI=1S/C13H24N2O/c1-13(2,3)12(16)15-7-9-5-4-6-11(14)10(9)8-15/h9-11H,4-8,14H2,1-3H3. The first-order chi connectivity index (χ1) is 7.39. The Bertz CT molecular complexity index is 282. The van der Waals surface area contributed by atoms with E-state index in [1.165, 1.54) is 12.8 Å². The van der Waals surface area contributed by atoms with Crippen LogP contribution in [-0.2, 0) is 4.79 Å². The molecule has 0 aromatic rings. The van der Waals surface area contributed by atoms with Crippen molar-refractivity contribution in [3.8, 4) is 0 Å². The van der Waals surface area contributed by atoms with Crippen molar-refractivity contribution in [3.05, 3.63) is 0 Å². The second-order valence-corrected chi connectivity index (χ2v) is 6.48. The molecule has 2 fully saturated rings. The van der Waals surface area contributed by atoms with Gasteiger partial charge in [-0.05, 0) is 24.7 Å². The Kier molecular flexibility index (Phi) is 2.99. The summed E-state index contributed by atoms with van der Waals surface area (Å²) in [7, 11) is 0. The first-order valence-corrected chi connectivity index (χ1v) is 6.44. The molecule has 1 amide bonds. The van der Waals surface area contributed by atoms with Gasteiger partial charge < -0.3 is 10.6 Å². The molecule has 1 aliphatic heterocycles. The van der Waals surface area contributed by atoms with Gasteiger partial charge in [-0.25, -0.2) is 0 Å². The monoisotopic (exact) mass is 224 g/mol. The first kappa shape index (κ1) is 11.9. The van der Waals surface area contributed by atoms with Crippen LogP contribution in [0.2, 0.25) is 0 Å². The van der Waals surface area contributed by atoms with E-state index >= 15 is 0 Å². The predicted molar refractivity (Wildman–Crippen MR) is 64.8 cm³/mol. The average Bonchev–Trinajstić information content (AvgIpc) is 2.60. The summed E-state index contributed by atoms with van der Waals surface area (Å²) in [4.78, 5) is 14.2. The third kappa shape index (κ3) is 2.10. The molecule has 2 N–H and O–H groups in total. The minimum Gasteiger partial charge on any atom is -0.342 e. The number of carbonyl (C=O) groups is 1. The molecule has 2 aliphatic rings. The van der Waals surface area contributed by atoms with E-state index in [1.54, 1.807) is 0 Å². The molecule has 2 rings (SSSR count). The number of nitrogens with two attached hydrogens (primary N) is 1. The highest BCUT2D eigenvalue weighted by atomic mass is 16.2. The van der Waals surface area contributed by atoms with Crippen LogP contribution in [0.15, 0.2) is 0 Å². The van der Waals surface area contributed by atoms with E-state index in [0.29, 0.717) is 17.9 Å². The fourth-order valence-corrected chi connectivity index (χ4v) is 3.16. The molecular formula is C13H24N2O. The van der Waals surface area contributed by atoms with Crippen molar-refractivity contribution in [1.29, 1.82) is 0 Å². The van der Waals surface area contributed by atoms with E-state index in [0.717, 1.165) is 19.5 Å². The molecule has 3 heteroatoms. The van der Waals surface area contributed by atoms with Crippen molar-refractivity contribution >= 4 is 5.91 Å².